The molecule has 128 valence electrons. The Bertz CT molecular complexity index is 822. The lowest BCUT2D eigenvalue weighted by Crippen LogP contribution is -2.37. The largest absolute Gasteiger partial charge is 0.496 e. The molecule has 6 nitrogen and oxygen atoms in total. The zero-order valence-electron chi connectivity index (χ0n) is 13.6. The van der Waals surface area contributed by atoms with E-state index in [9.17, 15) is 8.42 Å². The molecule has 24 heavy (non-hydrogen) atoms. The van der Waals surface area contributed by atoms with Crippen LogP contribution >= 0.6 is 0 Å². The number of hydrogen-bond donors (Lipinski definition) is 2. The van der Waals surface area contributed by atoms with Crippen molar-refractivity contribution in [1.82, 2.24) is 5.32 Å². The van der Waals surface area contributed by atoms with Gasteiger partial charge in [-0.05, 0) is 37.7 Å². The van der Waals surface area contributed by atoms with E-state index in [1.165, 1.54) is 6.07 Å². The van der Waals surface area contributed by atoms with E-state index in [2.05, 4.69) is 10.0 Å². The second-order valence-corrected chi connectivity index (χ2v) is 7.20. The molecule has 0 bridgehead atoms. The molecule has 0 radical (unpaired) electrons. The Kier molecular flexibility index (Phi) is 4.64. The van der Waals surface area contributed by atoms with E-state index in [4.69, 9.17) is 9.47 Å². The number of rotatable bonds is 5. The van der Waals surface area contributed by atoms with Crippen LogP contribution in [-0.2, 0) is 16.4 Å². The highest BCUT2D eigenvalue weighted by Gasteiger charge is 2.29. The van der Waals surface area contributed by atoms with Gasteiger partial charge < -0.3 is 14.8 Å². The third-order valence-corrected chi connectivity index (χ3v) is 5.41. The Morgan fingerprint density at radius 2 is 1.92 bits per heavy atom. The number of likely N-dealkylation sites (N-methyl/N-ethyl adjacent to an activating group) is 1. The van der Waals surface area contributed by atoms with Gasteiger partial charge in [0.25, 0.3) is 10.0 Å². The lowest BCUT2D eigenvalue weighted by atomic mass is 10.0. The summed E-state index contributed by atoms with van der Waals surface area (Å²) in [5, 5.41) is 3.15. The Hall–Kier alpha value is -2.25. The van der Waals surface area contributed by atoms with Crippen LogP contribution in [0, 0.1) is 0 Å². The Labute approximate surface area is 141 Å². The van der Waals surface area contributed by atoms with Crippen molar-refractivity contribution < 1.29 is 17.9 Å². The summed E-state index contributed by atoms with van der Waals surface area (Å²) in [6.45, 7) is 0.407. The van der Waals surface area contributed by atoms with Gasteiger partial charge in [0.1, 0.15) is 23.0 Å². The van der Waals surface area contributed by atoms with Crippen molar-refractivity contribution in [2.24, 2.45) is 0 Å². The molecule has 0 spiro atoms. The van der Waals surface area contributed by atoms with Gasteiger partial charge in [0, 0.05) is 17.3 Å². The molecular weight excluding hydrogens is 328 g/mol. The molecule has 2 aromatic rings. The van der Waals surface area contributed by atoms with Crippen LogP contribution < -0.4 is 19.5 Å². The normalized spacial score (nSPS) is 16.8. The molecule has 3 rings (SSSR count). The summed E-state index contributed by atoms with van der Waals surface area (Å²) in [6, 6.07) is 12.1. The summed E-state index contributed by atoms with van der Waals surface area (Å²) in [5.41, 5.74) is 1.27. The number of anilines is 1. The van der Waals surface area contributed by atoms with Crippen LogP contribution in [0.3, 0.4) is 0 Å². The highest BCUT2D eigenvalue weighted by atomic mass is 32.2. The molecule has 1 heterocycles. The fourth-order valence-electron chi connectivity index (χ4n) is 2.73. The summed E-state index contributed by atoms with van der Waals surface area (Å²) in [5.74, 6) is 0.993. The van der Waals surface area contributed by atoms with Crippen molar-refractivity contribution in [2.75, 3.05) is 25.5 Å². The zero-order valence-corrected chi connectivity index (χ0v) is 14.4. The standard InChI is InChI=1S/C17H20N2O4S/c1-18-13-10-14-15(22-2)8-9-16(17(14)23-11-13)24(20,21)19-12-6-4-3-5-7-12/h3-9,13,18-19H,10-11H2,1-2H3. The minimum Gasteiger partial charge on any atom is -0.496 e. The van der Waals surface area contributed by atoms with Crippen molar-refractivity contribution in [3.63, 3.8) is 0 Å². The fraction of sp³-hybridized carbons (Fsp3) is 0.294. The van der Waals surface area contributed by atoms with Gasteiger partial charge in [0.05, 0.1) is 7.11 Å². The number of para-hydroxylation sites is 1. The molecule has 0 aliphatic carbocycles. The van der Waals surface area contributed by atoms with Crippen molar-refractivity contribution in [2.45, 2.75) is 17.4 Å². The maximum Gasteiger partial charge on any atom is 0.265 e. The van der Waals surface area contributed by atoms with Gasteiger partial charge in [-0.2, -0.15) is 0 Å². The highest BCUT2D eigenvalue weighted by Crippen LogP contribution is 2.38. The zero-order chi connectivity index (χ0) is 17.2. The molecule has 0 fully saturated rings. The maximum atomic E-state index is 12.8. The Balaban J connectivity index is 2.02. The quantitative estimate of drug-likeness (QED) is 0.864. The van der Waals surface area contributed by atoms with Crippen LogP contribution in [0.25, 0.3) is 0 Å². The average Bonchev–Trinajstić information content (AvgIpc) is 2.60. The van der Waals surface area contributed by atoms with Crippen molar-refractivity contribution in [3.8, 4) is 11.5 Å². The number of sulfonamides is 1. The first-order valence-corrected chi connectivity index (χ1v) is 9.11. The molecule has 1 aliphatic heterocycles. The lowest BCUT2D eigenvalue weighted by molar-refractivity contribution is 0.235. The first kappa shape index (κ1) is 16.6. The van der Waals surface area contributed by atoms with Gasteiger partial charge >= 0.3 is 0 Å². The van der Waals surface area contributed by atoms with E-state index in [0.29, 0.717) is 30.2 Å². The van der Waals surface area contributed by atoms with E-state index < -0.39 is 10.0 Å². The number of benzene rings is 2. The number of nitrogens with one attached hydrogen (secondary N) is 2. The van der Waals surface area contributed by atoms with Gasteiger partial charge in [0.15, 0.2) is 0 Å². The van der Waals surface area contributed by atoms with Crippen molar-refractivity contribution >= 4 is 15.7 Å². The van der Waals surface area contributed by atoms with E-state index in [0.717, 1.165) is 5.56 Å². The second kappa shape index (κ2) is 6.70. The fourth-order valence-corrected chi connectivity index (χ4v) is 3.96. The summed E-state index contributed by atoms with van der Waals surface area (Å²) in [6.07, 6.45) is 0.643. The number of methoxy groups -OCH3 is 1. The van der Waals surface area contributed by atoms with Gasteiger partial charge in [0.2, 0.25) is 0 Å². The van der Waals surface area contributed by atoms with E-state index in [1.54, 1.807) is 37.4 Å². The van der Waals surface area contributed by atoms with Crippen LogP contribution in [0.5, 0.6) is 11.5 Å². The number of hydrogen-bond acceptors (Lipinski definition) is 5. The Morgan fingerprint density at radius 3 is 2.58 bits per heavy atom. The molecular formula is C17H20N2O4S. The topological polar surface area (TPSA) is 76.7 Å². The predicted molar refractivity (Wildman–Crippen MR) is 92.3 cm³/mol. The molecule has 0 aromatic heterocycles. The van der Waals surface area contributed by atoms with Crippen LogP contribution in [-0.4, -0.2) is 35.2 Å². The third kappa shape index (κ3) is 3.18. The number of fused-ring (bicyclic) bond motifs is 1. The molecule has 1 aliphatic rings. The molecule has 0 amide bonds. The first-order valence-electron chi connectivity index (χ1n) is 7.63. The third-order valence-electron chi connectivity index (χ3n) is 4.00. The van der Waals surface area contributed by atoms with E-state index >= 15 is 0 Å². The summed E-state index contributed by atoms with van der Waals surface area (Å²) in [7, 11) is -0.340. The molecule has 1 atom stereocenters. The maximum absolute atomic E-state index is 12.8. The van der Waals surface area contributed by atoms with Gasteiger partial charge in [-0.25, -0.2) is 8.42 Å². The predicted octanol–water partition coefficient (Wildman–Crippen LogP) is 2.02. The molecule has 0 saturated carbocycles. The smallest absolute Gasteiger partial charge is 0.265 e. The van der Waals surface area contributed by atoms with Crippen LogP contribution in [0.4, 0.5) is 5.69 Å². The van der Waals surface area contributed by atoms with Crippen LogP contribution in [0.2, 0.25) is 0 Å². The summed E-state index contributed by atoms with van der Waals surface area (Å²) < 4.78 is 39.3. The van der Waals surface area contributed by atoms with E-state index in [1.807, 2.05) is 13.1 Å². The molecule has 7 heteroatoms. The molecule has 0 saturated heterocycles. The first-order chi connectivity index (χ1) is 11.5. The molecule has 2 aromatic carbocycles. The monoisotopic (exact) mass is 348 g/mol. The minimum absolute atomic E-state index is 0.117. The Morgan fingerprint density at radius 1 is 1.17 bits per heavy atom. The van der Waals surface area contributed by atoms with Crippen molar-refractivity contribution in [3.05, 3.63) is 48.0 Å². The SMILES string of the molecule is CNC1COc2c(S(=O)(=O)Nc3ccccc3)ccc(OC)c2C1. The van der Waals surface area contributed by atoms with Gasteiger partial charge in [-0.3, -0.25) is 4.72 Å². The summed E-state index contributed by atoms with van der Waals surface area (Å²) >= 11 is 0. The second-order valence-electron chi connectivity index (χ2n) is 5.55. The molecule has 1 unspecified atom stereocenters. The van der Waals surface area contributed by atoms with Crippen LogP contribution in [0.1, 0.15) is 5.56 Å². The van der Waals surface area contributed by atoms with Gasteiger partial charge in [-0.15, -0.1) is 0 Å². The molecule has 2 N–H and O–H groups in total. The van der Waals surface area contributed by atoms with Crippen LogP contribution in [0.15, 0.2) is 47.4 Å². The minimum atomic E-state index is -3.75. The van der Waals surface area contributed by atoms with Gasteiger partial charge in [-0.1, -0.05) is 18.2 Å². The average molecular weight is 348 g/mol. The van der Waals surface area contributed by atoms with Crippen molar-refractivity contribution in [1.29, 1.82) is 0 Å². The highest BCUT2D eigenvalue weighted by molar-refractivity contribution is 7.92. The number of ether oxygens (including phenoxy) is 2. The lowest BCUT2D eigenvalue weighted by Gasteiger charge is -2.28. The summed E-state index contributed by atoms with van der Waals surface area (Å²) in [4.78, 5) is 0.122. The van der Waals surface area contributed by atoms with E-state index in [-0.39, 0.29) is 10.9 Å².